The molecule has 1 saturated heterocycles. The van der Waals surface area contributed by atoms with Crippen LogP contribution in [-0.2, 0) is 0 Å². The Labute approximate surface area is 85.5 Å². The van der Waals surface area contributed by atoms with Crippen molar-refractivity contribution in [2.75, 3.05) is 19.6 Å². The van der Waals surface area contributed by atoms with Gasteiger partial charge in [-0.2, -0.15) is 13.2 Å². The van der Waals surface area contributed by atoms with Gasteiger partial charge in [-0.3, -0.25) is 4.90 Å². The van der Waals surface area contributed by atoms with Gasteiger partial charge in [0.25, 0.3) is 0 Å². The first-order valence-corrected chi connectivity index (χ1v) is 4.69. The van der Waals surface area contributed by atoms with Crippen molar-refractivity contribution in [1.82, 2.24) is 4.90 Å². The highest BCUT2D eigenvalue weighted by Crippen LogP contribution is 2.22. The minimum atomic E-state index is -4.19. The van der Waals surface area contributed by atoms with E-state index in [0.717, 1.165) is 0 Å². The highest BCUT2D eigenvalue weighted by molar-refractivity contribution is 5.82. The van der Waals surface area contributed by atoms with Crippen LogP contribution in [0.25, 0.3) is 0 Å². The Morgan fingerprint density at radius 3 is 2.73 bits per heavy atom. The molecule has 7 heteroatoms. The third kappa shape index (κ3) is 3.94. The van der Waals surface area contributed by atoms with E-state index in [1.807, 2.05) is 0 Å². The molecule has 88 valence electrons. The number of rotatable bonds is 2. The number of nitrogens with zero attached hydrogens (tertiary/aromatic N) is 2. The largest absolute Gasteiger partial charge is 0.409 e. The lowest BCUT2D eigenvalue weighted by atomic mass is 9.97. The molecule has 0 aromatic heterocycles. The first-order chi connectivity index (χ1) is 6.92. The fourth-order valence-corrected chi connectivity index (χ4v) is 1.78. The number of alkyl halides is 3. The maximum Gasteiger partial charge on any atom is 0.401 e. The Balaban J connectivity index is 2.49. The van der Waals surface area contributed by atoms with Crippen molar-refractivity contribution >= 4 is 5.84 Å². The standard InChI is InChI=1S/C8H14F3N3O/c9-8(10,11)5-14-3-1-2-6(4-14)7(12)13-15/h6,15H,1-5H2,(H2,12,13). The summed E-state index contributed by atoms with van der Waals surface area (Å²) in [5, 5.41) is 11.3. The minimum absolute atomic E-state index is 0.0156. The van der Waals surface area contributed by atoms with Crippen LogP contribution in [0.5, 0.6) is 0 Å². The van der Waals surface area contributed by atoms with Crippen LogP contribution < -0.4 is 5.73 Å². The van der Waals surface area contributed by atoms with Gasteiger partial charge in [0.15, 0.2) is 0 Å². The third-order valence-corrected chi connectivity index (χ3v) is 2.44. The summed E-state index contributed by atoms with van der Waals surface area (Å²) in [6, 6.07) is 0. The van der Waals surface area contributed by atoms with Gasteiger partial charge in [0, 0.05) is 12.5 Å². The third-order valence-electron chi connectivity index (χ3n) is 2.44. The van der Waals surface area contributed by atoms with Crippen molar-refractivity contribution in [2.24, 2.45) is 16.8 Å². The average molecular weight is 225 g/mol. The molecule has 4 nitrogen and oxygen atoms in total. The molecule has 0 amide bonds. The summed E-state index contributed by atoms with van der Waals surface area (Å²) in [5.41, 5.74) is 5.37. The fraction of sp³-hybridized carbons (Fsp3) is 0.875. The molecule has 0 aromatic carbocycles. The summed E-state index contributed by atoms with van der Waals surface area (Å²) in [4.78, 5) is 1.28. The van der Waals surface area contributed by atoms with E-state index in [1.54, 1.807) is 0 Å². The molecule has 1 rings (SSSR count). The molecule has 1 fully saturated rings. The van der Waals surface area contributed by atoms with E-state index >= 15 is 0 Å². The maximum atomic E-state index is 12.1. The van der Waals surface area contributed by atoms with Crippen LogP contribution in [0.3, 0.4) is 0 Å². The second-order valence-electron chi connectivity index (χ2n) is 3.71. The molecule has 1 aliphatic heterocycles. The van der Waals surface area contributed by atoms with Crippen LogP contribution in [-0.4, -0.2) is 41.8 Å². The zero-order valence-electron chi connectivity index (χ0n) is 8.17. The van der Waals surface area contributed by atoms with Crippen molar-refractivity contribution in [1.29, 1.82) is 0 Å². The minimum Gasteiger partial charge on any atom is -0.409 e. The van der Waals surface area contributed by atoms with Crippen LogP contribution in [0, 0.1) is 5.92 Å². The summed E-state index contributed by atoms with van der Waals surface area (Å²) in [6.45, 7) is -0.313. The number of hydrogen-bond acceptors (Lipinski definition) is 3. The molecule has 1 unspecified atom stereocenters. The molecule has 1 heterocycles. The van der Waals surface area contributed by atoms with Crippen molar-refractivity contribution in [3.8, 4) is 0 Å². The van der Waals surface area contributed by atoms with Gasteiger partial charge in [-0.25, -0.2) is 0 Å². The highest BCUT2D eigenvalue weighted by Gasteiger charge is 2.33. The molecule has 0 bridgehead atoms. The highest BCUT2D eigenvalue weighted by atomic mass is 19.4. The topological polar surface area (TPSA) is 61.9 Å². The average Bonchev–Trinajstić information content (AvgIpc) is 2.14. The lowest BCUT2D eigenvalue weighted by Crippen LogP contribution is -2.44. The van der Waals surface area contributed by atoms with Crippen molar-refractivity contribution in [3.05, 3.63) is 0 Å². The summed E-state index contributed by atoms with van der Waals surface area (Å²) in [7, 11) is 0. The van der Waals surface area contributed by atoms with Crippen molar-refractivity contribution in [2.45, 2.75) is 19.0 Å². The van der Waals surface area contributed by atoms with E-state index in [2.05, 4.69) is 5.16 Å². The summed E-state index contributed by atoms with van der Waals surface area (Å²) >= 11 is 0. The number of oxime groups is 1. The Hall–Kier alpha value is -0.980. The molecular weight excluding hydrogens is 211 g/mol. The van der Waals surface area contributed by atoms with Crippen LogP contribution in [0.15, 0.2) is 5.16 Å². The smallest absolute Gasteiger partial charge is 0.401 e. The summed E-state index contributed by atoms with van der Waals surface area (Å²) in [5.74, 6) is -0.257. The van der Waals surface area contributed by atoms with Crippen molar-refractivity contribution < 1.29 is 18.4 Å². The number of nitrogens with two attached hydrogens (primary N) is 1. The van der Waals surface area contributed by atoms with Gasteiger partial charge in [0.2, 0.25) is 0 Å². The number of halogens is 3. The van der Waals surface area contributed by atoms with Crippen LogP contribution in [0.1, 0.15) is 12.8 Å². The van der Waals surface area contributed by atoms with Crippen LogP contribution in [0.2, 0.25) is 0 Å². The Kier molecular flexibility index (Phi) is 3.78. The number of likely N-dealkylation sites (tertiary alicyclic amines) is 1. The van der Waals surface area contributed by atoms with E-state index in [-0.39, 0.29) is 18.3 Å². The van der Waals surface area contributed by atoms with Gasteiger partial charge in [-0.15, -0.1) is 0 Å². The Morgan fingerprint density at radius 2 is 2.20 bits per heavy atom. The number of amidine groups is 1. The summed E-state index contributed by atoms with van der Waals surface area (Å²) in [6.07, 6.45) is -2.88. The number of piperidine rings is 1. The first kappa shape index (κ1) is 12.1. The zero-order chi connectivity index (χ0) is 11.5. The molecule has 0 saturated carbocycles. The summed E-state index contributed by atoms with van der Waals surface area (Å²) < 4.78 is 36.3. The Bertz CT molecular complexity index is 242. The lowest BCUT2D eigenvalue weighted by molar-refractivity contribution is -0.148. The van der Waals surface area contributed by atoms with Gasteiger partial charge < -0.3 is 10.9 Å². The van der Waals surface area contributed by atoms with E-state index < -0.39 is 12.7 Å². The fourth-order valence-electron chi connectivity index (χ4n) is 1.78. The van der Waals surface area contributed by atoms with Crippen LogP contribution in [0.4, 0.5) is 13.2 Å². The van der Waals surface area contributed by atoms with Gasteiger partial charge in [-0.05, 0) is 19.4 Å². The second-order valence-corrected chi connectivity index (χ2v) is 3.71. The molecule has 0 spiro atoms. The first-order valence-electron chi connectivity index (χ1n) is 4.69. The van der Waals surface area contributed by atoms with Gasteiger partial charge in [-0.1, -0.05) is 5.16 Å². The maximum absolute atomic E-state index is 12.1. The van der Waals surface area contributed by atoms with Gasteiger partial charge >= 0.3 is 6.18 Å². The van der Waals surface area contributed by atoms with Crippen LogP contribution >= 0.6 is 0 Å². The second kappa shape index (κ2) is 4.69. The predicted molar refractivity (Wildman–Crippen MR) is 48.6 cm³/mol. The number of hydrogen-bond donors (Lipinski definition) is 2. The quantitative estimate of drug-likeness (QED) is 0.319. The van der Waals surface area contributed by atoms with E-state index in [9.17, 15) is 13.2 Å². The normalized spacial score (nSPS) is 25.5. The molecule has 3 N–H and O–H groups in total. The SMILES string of the molecule is NC(=NO)C1CCCN(CC(F)(F)F)C1. The van der Waals surface area contributed by atoms with E-state index in [1.165, 1.54) is 4.90 Å². The predicted octanol–water partition coefficient (Wildman–Crippen LogP) is 1.01. The van der Waals surface area contributed by atoms with E-state index in [0.29, 0.717) is 19.4 Å². The molecule has 0 aliphatic carbocycles. The molecule has 1 aliphatic rings. The zero-order valence-corrected chi connectivity index (χ0v) is 8.17. The van der Waals surface area contributed by atoms with E-state index in [4.69, 9.17) is 10.9 Å². The molecule has 15 heavy (non-hydrogen) atoms. The van der Waals surface area contributed by atoms with Gasteiger partial charge in [0.05, 0.1) is 6.54 Å². The molecule has 1 atom stereocenters. The lowest BCUT2D eigenvalue weighted by Gasteiger charge is -2.32. The van der Waals surface area contributed by atoms with Crippen molar-refractivity contribution in [3.63, 3.8) is 0 Å². The van der Waals surface area contributed by atoms with Gasteiger partial charge in [0.1, 0.15) is 5.84 Å². The monoisotopic (exact) mass is 225 g/mol. The Morgan fingerprint density at radius 1 is 1.53 bits per heavy atom. The molecular formula is C8H14F3N3O. The molecule has 0 aromatic rings. The molecule has 0 radical (unpaired) electrons.